The molecule has 2 aliphatic heterocycles. The molecule has 1 aromatic rings. The van der Waals surface area contributed by atoms with E-state index in [4.69, 9.17) is 9.84 Å². The van der Waals surface area contributed by atoms with E-state index in [1.165, 1.54) is 6.07 Å². The van der Waals surface area contributed by atoms with Crippen LogP contribution in [0.25, 0.3) is 0 Å². The average molecular weight is 366 g/mol. The van der Waals surface area contributed by atoms with Crippen molar-refractivity contribution in [3.8, 4) is 0 Å². The molecule has 0 spiro atoms. The van der Waals surface area contributed by atoms with E-state index in [2.05, 4.69) is 10.6 Å². The predicted molar refractivity (Wildman–Crippen MR) is 89.2 cm³/mol. The molecule has 1 aromatic carbocycles. The summed E-state index contributed by atoms with van der Waals surface area (Å²) in [6, 6.07) is 3.55. The second kappa shape index (κ2) is 7.68. The molecule has 26 heavy (non-hydrogen) atoms. The molecule has 0 radical (unpaired) electrons. The molecule has 3 rings (SSSR count). The quantitative estimate of drug-likeness (QED) is 0.381. The first-order chi connectivity index (χ1) is 12.4. The van der Waals surface area contributed by atoms with Gasteiger partial charge in [-0.2, -0.15) is 0 Å². The van der Waals surface area contributed by atoms with Gasteiger partial charge < -0.3 is 35.8 Å². The first-order valence-corrected chi connectivity index (χ1v) is 8.45. The molecule has 2 aliphatic rings. The zero-order valence-electron chi connectivity index (χ0n) is 14.0. The van der Waals surface area contributed by atoms with E-state index in [0.29, 0.717) is 24.9 Å². The molecule has 5 atom stereocenters. The average Bonchev–Trinajstić information content (AvgIpc) is 2.81. The van der Waals surface area contributed by atoms with E-state index in [0.717, 1.165) is 5.56 Å². The van der Waals surface area contributed by atoms with Crippen molar-refractivity contribution in [2.24, 2.45) is 0 Å². The monoisotopic (exact) mass is 366 g/mol. The van der Waals surface area contributed by atoms with Crippen LogP contribution in [-0.2, 0) is 16.0 Å². The summed E-state index contributed by atoms with van der Waals surface area (Å²) < 4.78 is 5.02. The van der Waals surface area contributed by atoms with Gasteiger partial charge in [-0.15, -0.1) is 0 Å². The molecular formula is C17H22N2O7. The molecule has 9 nitrogen and oxygen atoms in total. The van der Waals surface area contributed by atoms with Gasteiger partial charge in [-0.25, -0.2) is 0 Å². The van der Waals surface area contributed by atoms with Crippen LogP contribution in [0.1, 0.15) is 28.8 Å². The number of amides is 2. The third-order valence-corrected chi connectivity index (χ3v) is 4.69. The first kappa shape index (κ1) is 18.7. The van der Waals surface area contributed by atoms with Gasteiger partial charge in [0.2, 0.25) is 5.91 Å². The van der Waals surface area contributed by atoms with Crippen LogP contribution in [0.5, 0.6) is 0 Å². The minimum Gasteiger partial charge on any atom is -0.394 e. The van der Waals surface area contributed by atoms with E-state index in [1.54, 1.807) is 12.1 Å². The van der Waals surface area contributed by atoms with Gasteiger partial charge >= 0.3 is 0 Å². The van der Waals surface area contributed by atoms with Crippen molar-refractivity contribution in [1.29, 1.82) is 0 Å². The summed E-state index contributed by atoms with van der Waals surface area (Å²) in [6.45, 7) is -0.577. The van der Waals surface area contributed by atoms with E-state index in [-0.39, 0.29) is 11.5 Å². The molecule has 9 heteroatoms. The van der Waals surface area contributed by atoms with Gasteiger partial charge in [-0.05, 0) is 36.6 Å². The van der Waals surface area contributed by atoms with Crippen molar-refractivity contribution in [1.82, 2.24) is 5.32 Å². The molecule has 0 aromatic heterocycles. The number of rotatable bonds is 3. The topological polar surface area (TPSA) is 148 Å². The molecule has 1 saturated heterocycles. The second-order valence-electron chi connectivity index (χ2n) is 6.50. The van der Waals surface area contributed by atoms with Gasteiger partial charge in [0.1, 0.15) is 24.4 Å². The van der Waals surface area contributed by atoms with E-state index in [1.807, 2.05) is 0 Å². The maximum atomic E-state index is 12.5. The van der Waals surface area contributed by atoms with E-state index in [9.17, 15) is 24.9 Å². The Bertz CT molecular complexity index is 696. The van der Waals surface area contributed by atoms with Crippen molar-refractivity contribution in [3.63, 3.8) is 0 Å². The maximum absolute atomic E-state index is 12.5. The number of aliphatic hydroxyl groups is 4. The highest BCUT2D eigenvalue weighted by Gasteiger charge is 2.44. The fraction of sp³-hybridized carbons (Fsp3) is 0.529. The van der Waals surface area contributed by atoms with Gasteiger partial charge in [-0.3, -0.25) is 9.59 Å². The Morgan fingerprint density at radius 1 is 1.23 bits per heavy atom. The lowest BCUT2D eigenvalue weighted by atomic mass is 9.96. The van der Waals surface area contributed by atoms with E-state index < -0.39 is 43.2 Å². The normalized spacial score (nSPS) is 31.5. The molecular weight excluding hydrogens is 344 g/mol. The third kappa shape index (κ3) is 3.71. The highest BCUT2D eigenvalue weighted by molar-refractivity contribution is 5.97. The Labute approximate surface area is 149 Å². The summed E-state index contributed by atoms with van der Waals surface area (Å²) in [4.78, 5) is 24.1. The lowest BCUT2D eigenvalue weighted by Crippen LogP contribution is -2.64. The number of nitrogens with one attached hydrogen (secondary N) is 2. The molecule has 0 saturated carbocycles. The number of carbonyl (C=O) groups is 2. The zero-order chi connectivity index (χ0) is 18.8. The Morgan fingerprint density at radius 2 is 2.00 bits per heavy atom. The molecule has 1 fully saturated rings. The maximum Gasteiger partial charge on any atom is 0.251 e. The molecule has 0 bridgehead atoms. The number of aliphatic hydroxyl groups excluding tert-OH is 4. The summed E-state index contributed by atoms with van der Waals surface area (Å²) in [5, 5.41) is 44.2. The number of hydrogen-bond acceptors (Lipinski definition) is 7. The van der Waals surface area contributed by atoms with E-state index >= 15 is 0 Å². The van der Waals surface area contributed by atoms with Crippen molar-refractivity contribution in [2.75, 3.05) is 11.9 Å². The summed E-state index contributed by atoms with van der Waals surface area (Å²) in [5.41, 5.74) is 1.77. The SMILES string of the molecule is O=C1CCCc2cc(C(=O)NC3C(O)O[C@H](CO)C(O)[C@@H]3O)ccc2N1. The van der Waals surface area contributed by atoms with Crippen LogP contribution in [0, 0.1) is 0 Å². The van der Waals surface area contributed by atoms with Crippen molar-refractivity contribution in [3.05, 3.63) is 29.3 Å². The Morgan fingerprint density at radius 3 is 2.73 bits per heavy atom. The van der Waals surface area contributed by atoms with Gasteiger partial charge in [0, 0.05) is 17.7 Å². The minimum absolute atomic E-state index is 0.0704. The van der Waals surface area contributed by atoms with Crippen LogP contribution in [0.15, 0.2) is 18.2 Å². The number of ether oxygens (including phenoxy) is 1. The predicted octanol–water partition coefficient (Wildman–Crippen LogP) is -1.51. The smallest absolute Gasteiger partial charge is 0.251 e. The molecule has 142 valence electrons. The zero-order valence-corrected chi connectivity index (χ0v) is 14.0. The van der Waals surface area contributed by atoms with Crippen molar-refractivity contribution >= 4 is 17.5 Å². The summed E-state index contributed by atoms with van der Waals surface area (Å²) in [5.74, 6) is -0.635. The third-order valence-electron chi connectivity index (χ3n) is 4.69. The largest absolute Gasteiger partial charge is 0.394 e. The lowest BCUT2D eigenvalue weighted by molar-refractivity contribution is -0.252. The summed E-state index contributed by atoms with van der Waals surface area (Å²) in [7, 11) is 0. The van der Waals surface area contributed by atoms with Gasteiger partial charge in [0.25, 0.3) is 5.91 Å². The molecule has 3 unspecified atom stereocenters. The number of aryl methyl sites for hydroxylation is 1. The Hall–Kier alpha value is -2.04. The second-order valence-corrected chi connectivity index (χ2v) is 6.50. The number of anilines is 1. The van der Waals surface area contributed by atoms with Crippen LogP contribution in [0.3, 0.4) is 0 Å². The highest BCUT2D eigenvalue weighted by atomic mass is 16.6. The number of fused-ring (bicyclic) bond motifs is 1. The molecule has 0 aliphatic carbocycles. The van der Waals surface area contributed by atoms with Crippen LogP contribution in [-0.4, -0.2) is 69.5 Å². The number of carbonyl (C=O) groups excluding carboxylic acids is 2. The van der Waals surface area contributed by atoms with Crippen LogP contribution in [0.2, 0.25) is 0 Å². The van der Waals surface area contributed by atoms with Gasteiger partial charge in [0.05, 0.1) is 6.61 Å². The van der Waals surface area contributed by atoms with Crippen molar-refractivity contribution in [2.45, 2.75) is 49.9 Å². The lowest BCUT2D eigenvalue weighted by Gasteiger charge is -2.40. The molecule has 6 N–H and O–H groups in total. The van der Waals surface area contributed by atoms with Crippen LogP contribution >= 0.6 is 0 Å². The summed E-state index contributed by atoms with van der Waals surface area (Å²) in [6.07, 6.45) is -3.93. The van der Waals surface area contributed by atoms with Crippen LogP contribution in [0.4, 0.5) is 5.69 Å². The fourth-order valence-corrected chi connectivity index (χ4v) is 3.20. The summed E-state index contributed by atoms with van der Waals surface area (Å²) >= 11 is 0. The number of hydrogen-bond donors (Lipinski definition) is 6. The number of benzene rings is 1. The van der Waals surface area contributed by atoms with Crippen LogP contribution < -0.4 is 10.6 Å². The first-order valence-electron chi connectivity index (χ1n) is 8.45. The molecule has 2 heterocycles. The standard InChI is InChI=1S/C17H22N2O7/c20-7-11-14(22)15(23)13(17(25)26-11)19-16(24)9-4-5-10-8(6-9)2-1-3-12(21)18-10/h4-6,11,13-15,17,20,22-23,25H,1-3,7H2,(H,18,21)(H,19,24)/t11-,13?,14?,15-,17?/m1/s1. The van der Waals surface area contributed by atoms with Gasteiger partial charge in [0.15, 0.2) is 6.29 Å². The fourth-order valence-electron chi connectivity index (χ4n) is 3.20. The van der Waals surface area contributed by atoms with Gasteiger partial charge in [-0.1, -0.05) is 0 Å². The Balaban J connectivity index is 1.74. The minimum atomic E-state index is -1.57. The molecule has 2 amide bonds. The highest BCUT2D eigenvalue weighted by Crippen LogP contribution is 2.24. The Kier molecular flexibility index (Phi) is 5.54. The van der Waals surface area contributed by atoms with Crippen molar-refractivity contribution < 1.29 is 34.8 Å².